The lowest BCUT2D eigenvalue weighted by atomic mass is 9.79. The monoisotopic (exact) mass is 360 g/mol. The number of amides is 1. The van der Waals surface area contributed by atoms with Gasteiger partial charge >= 0.3 is 6.18 Å². The third-order valence-electron chi connectivity index (χ3n) is 5.10. The van der Waals surface area contributed by atoms with Crippen LogP contribution in [0, 0.1) is 5.41 Å². The van der Waals surface area contributed by atoms with Crippen molar-refractivity contribution in [2.24, 2.45) is 5.41 Å². The number of benzene rings is 1. The zero-order valence-electron chi connectivity index (χ0n) is 13.5. The summed E-state index contributed by atoms with van der Waals surface area (Å²) in [6.07, 6.45) is -1.50. The second-order valence-electron chi connectivity index (χ2n) is 7.01. The van der Waals surface area contributed by atoms with Crippen LogP contribution in [0.3, 0.4) is 0 Å². The number of carbonyl (C=O) groups excluding carboxylic acids is 1. The van der Waals surface area contributed by atoms with Crippen LogP contribution < -0.4 is 0 Å². The maximum Gasteiger partial charge on any atom is 0.417 e. The number of halogens is 4. The number of rotatable bonds is 1. The van der Waals surface area contributed by atoms with Crippen molar-refractivity contribution in [2.45, 2.75) is 25.4 Å². The Labute approximate surface area is 144 Å². The summed E-state index contributed by atoms with van der Waals surface area (Å²) < 4.78 is 38.9. The van der Waals surface area contributed by atoms with Gasteiger partial charge < -0.3 is 9.80 Å². The molecule has 1 atom stereocenters. The van der Waals surface area contributed by atoms with E-state index in [9.17, 15) is 18.0 Å². The maximum absolute atomic E-state index is 13.0. The second kappa shape index (κ2) is 6.23. The molecule has 1 aromatic carbocycles. The summed E-state index contributed by atoms with van der Waals surface area (Å²) in [6.45, 7) is 3.20. The van der Waals surface area contributed by atoms with Gasteiger partial charge in [0, 0.05) is 30.6 Å². The molecule has 2 aliphatic rings. The maximum atomic E-state index is 13.0. The first-order chi connectivity index (χ1) is 11.2. The Morgan fingerprint density at radius 3 is 2.62 bits per heavy atom. The van der Waals surface area contributed by atoms with Gasteiger partial charge in [-0.15, -0.1) is 0 Å². The zero-order valence-corrected chi connectivity index (χ0v) is 14.3. The minimum Gasteiger partial charge on any atom is -0.338 e. The van der Waals surface area contributed by atoms with E-state index in [1.54, 1.807) is 4.90 Å². The van der Waals surface area contributed by atoms with Gasteiger partial charge in [0.05, 0.1) is 10.6 Å². The van der Waals surface area contributed by atoms with E-state index < -0.39 is 11.7 Å². The molecule has 2 aliphatic heterocycles. The van der Waals surface area contributed by atoms with Crippen LogP contribution in [0.25, 0.3) is 0 Å². The van der Waals surface area contributed by atoms with Crippen molar-refractivity contribution >= 4 is 17.5 Å². The summed E-state index contributed by atoms with van der Waals surface area (Å²) >= 11 is 5.63. The van der Waals surface area contributed by atoms with Gasteiger partial charge in [-0.1, -0.05) is 11.6 Å². The van der Waals surface area contributed by atoms with Crippen LogP contribution in [0.4, 0.5) is 13.2 Å². The number of alkyl halides is 3. The number of hydrogen-bond donors (Lipinski definition) is 0. The van der Waals surface area contributed by atoms with E-state index in [1.165, 1.54) is 6.07 Å². The quantitative estimate of drug-likeness (QED) is 0.758. The molecule has 7 heteroatoms. The Kier molecular flexibility index (Phi) is 4.55. The van der Waals surface area contributed by atoms with E-state index in [0.717, 1.165) is 44.5 Å². The number of likely N-dealkylation sites (tertiary alicyclic amines) is 2. The van der Waals surface area contributed by atoms with Gasteiger partial charge in [-0.3, -0.25) is 4.79 Å². The van der Waals surface area contributed by atoms with Gasteiger partial charge in [-0.25, -0.2) is 0 Å². The van der Waals surface area contributed by atoms with Crippen molar-refractivity contribution < 1.29 is 18.0 Å². The van der Waals surface area contributed by atoms with Gasteiger partial charge in [0.2, 0.25) is 0 Å². The van der Waals surface area contributed by atoms with Crippen LogP contribution >= 0.6 is 11.6 Å². The summed E-state index contributed by atoms with van der Waals surface area (Å²) in [7, 11) is 2.07. The van der Waals surface area contributed by atoms with E-state index in [-0.39, 0.29) is 21.9 Å². The molecule has 3 rings (SSSR count). The smallest absolute Gasteiger partial charge is 0.338 e. The highest BCUT2D eigenvalue weighted by atomic mass is 35.5. The minimum atomic E-state index is -4.56. The summed E-state index contributed by atoms with van der Waals surface area (Å²) in [5, 5.41) is -0.383. The molecular formula is C17H20ClF3N2O. The summed E-state index contributed by atoms with van der Waals surface area (Å²) in [6, 6.07) is 3.39. The molecule has 2 saturated heterocycles. The van der Waals surface area contributed by atoms with Crippen LogP contribution in [-0.4, -0.2) is 48.9 Å². The highest BCUT2D eigenvalue weighted by molar-refractivity contribution is 6.31. The molecule has 1 unspecified atom stereocenters. The number of nitrogens with zero attached hydrogens (tertiary/aromatic N) is 2. The molecule has 3 nitrogen and oxygen atoms in total. The topological polar surface area (TPSA) is 23.6 Å². The summed E-state index contributed by atoms with van der Waals surface area (Å²) in [4.78, 5) is 16.6. The van der Waals surface area contributed by atoms with Crippen molar-refractivity contribution in [3.8, 4) is 0 Å². The second-order valence-corrected chi connectivity index (χ2v) is 7.42. The van der Waals surface area contributed by atoms with Gasteiger partial charge in [0.25, 0.3) is 5.91 Å². The molecule has 2 heterocycles. The molecule has 1 amide bonds. The van der Waals surface area contributed by atoms with Crippen molar-refractivity contribution in [1.29, 1.82) is 0 Å². The van der Waals surface area contributed by atoms with E-state index >= 15 is 0 Å². The first-order valence-electron chi connectivity index (χ1n) is 8.05. The van der Waals surface area contributed by atoms with Gasteiger partial charge in [0.15, 0.2) is 0 Å². The molecule has 132 valence electrons. The largest absolute Gasteiger partial charge is 0.417 e. The molecule has 24 heavy (non-hydrogen) atoms. The molecule has 0 saturated carbocycles. The number of hydrogen-bond acceptors (Lipinski definition) is 2. The zero-order chi connectivity index (χ0) is 17.5. The summed E-state index contributed by atoms with van der Waals surface area (Å²) in [5.74, 6) is -0.345. The molecule has 1 aromatic rings. The van der Waals surface area contributed by atoms with Crippen molar-refractivity contribution in [2.75, 3.05) is 33.2 Å². The van der Waals surface area contributed by atoms with E-state index in [2.05, 4.69) is 11.9 Å². The highest BCUT2D eigenvalue weighted by Gasteiger charge is 2.42. The Morgan fingerprint density at radius 2 is 1.96 bits per heavy atom. The third-order valence-corrected chi connectivity index (χ3v) is 5.43. The standard InChI is InChI=1S/C17H20ClF3N2O/c1-22-7-2-5-16(10-22)6-8-23(11-16)15(24)12-3-4-14(18)13(9-12)17(19,20)21/h3-4,9H,2,5-8,10-11H2,1H3. The molecule has 2 fully saturated rings. The van der Waals surface area contributed by atoms with E-state index in [4.69, 9.17) is 11.6 Å². The Balaban J connectivity index is 1.78. The Bertz CT molecular complexity index is 649. The molecule has 0 bridgehead atoms. The highest BCUT2D eigenvalue weighted by Crippen LogP contribution is 2.40. The fraction of sp³-hybridized carbons (Fsp3) is 0.588. The van der Waals surface area contributed by atoms with Crippen molar-refractivity contribution in [1.82, 2.24) is 9.80 Å². The van der Waals surface area contributed by atoms with Crippen molar-refractivity contribution in [3.05, 3.63) is 34.3 Å². The average molecular weight is 361 g/mol. The molecular weight excluding hydrogens is 341 g/mol. The lowest BCUT2D eigenvalue weighted by molar-refractivity contribution is -0.137. The molecule has 1 spiro atoms. The normalized spacial score (nSPS) is 25.5. The lowest BCUT2D eigenvalue weighted by Crippen LogP contribution is -2.43. The molecule has 0 aliphatic carbocycles. The minimum absolute atomic E-state index is 0.0490. The van der Waals surface area contributed by atoms with Crippen LogP contribution in [0.5, 0.6) is 0 Å². The predicted molar refractivity (Wildman–Crippen MR) is 86.1 cm³/mol. The van der Waals surface area contributed by atoms with E-state index in [0.29, 0.717) is 13.1 Å². The van der Waals surface area contributed by atoms with Crippen LogP contribution in [0.1, 0.15) is 35.2 Å². The van der Waals surface area contributed by atoms with Gasteiger partial charge in [-0.05, 0) is 51.1 Å². The van der Waals surface area contributed by atoms with Gasteiger partial charge in [-0.2, -0.15) is 13.2 Å². The van der Waals surface area contributed by atoms with Gasteiger partial charge in [0.1, 0.15) is 0 Å². The number of piperidine rings is 1. The molecule has 0 aromatic heterocycles. The summed E-state index contributed by atoms with van der Waals surface area (Å²) in [5.41, 5.74) is -0.823. The van der Waals surface area contributed by atoms with Crippen molar-refractivity contribution in [3.63, 3.8) is 0 Å². The molecule has 0 radical (unpaired) electrons. The first-order valence-corrected chi connectivity index (χ1v) is 8.43. The van der Waals surface area contributed by atoms with Crippen LogP contribution in [0.2, 0.25) is 5.02 Å². The third kappa shape index (κ3) is 3.40. The lowest BCUT2D eigenvalue weighted by Gasteiger charge is -2.38. The predicted octanol–water partition coefficient (Wildman–Crippen LogP) is 3.92. The fourth-order valence-corrected chi connectivity index (χ4v) is 4.18. The SMILES string of the molecule is CN1CCCC2(CCN(C(=O)c3ccc(Cl)c(C(F)(F)F)c3)C2)C1. The van der Waals surface area contributed by atoms with E-state index in [1.807, 2.05) is 0 Å². The fourth-order valence-electron chi connectivity index (χ4n) is 3.95. The van der Waals surface area contributed by atoms with Crippen LogP contribution in [-0.2, 0) is 6.18 Å². The Hall–Kier alpha value is -1.27. The van der Waals surface area contributed by atoms with Crippen LogP contribution in [0.15, 0.2) is 18.2 Å². The average Bonchev–Trinajstić information content (AvgIpc) is 2.89. The molecule has 0 N–H and O–H groups in total. The first kappa shape index (κ1) is 17.5. The number of carbonyl (C=O) groups is 1. The Morgan fingerprint density at radius 1 is 1.21 bits per heavy atom.